The molecule has 0 aliphatic rings. The Morgan fingerprint density at radius 1 is 1.59 bits per heavy atom. The lowest BCUT2D eigenvalue weighted by molar-refractivity contribution is -0.138. The van der Waals surface area contributed by atoms with Gasteiger partial charge in [-0.25, -0.2) is 4.79 Å². The molecular weight excluding hydrogens is 232 g/mol. The van der Waals surface area contributed by atoms with E-state index in [1.54, 1.807) is 6.92 Å². The average Bonchev–Trinajstić information content (AvgIpc) is 2.61. The molecule has 0 radical (unpaired) electrons. The number of carbonyl (C=O) groups excluding carboxylic acids is 1. The molecule has 1 rings (SSSR count). The van der Waals surface area contributed by atoms with Crippen molar-refractivity contribution in [2.45, 2.75) is 19.4 Å². The van der Waals surface area contributed by atoms with Crippen LogP contribution < -0.4 is 11.3 Å². The molecule has 1 unspecified atom stereocenters. The summed E-state index contributed by atoms with van der Waals surface area (Å²) in [7, 11) is 0. The van der Waals surface area contributed by atoms with Crippen molar-refractivity contribution >= 4 is 11.9 Å². The molecule has 0 saturated heterocycles. The van der Waals surface area contributed by atoms with Gasteiger partial charge in [0.1, 0.15) is 6.04 Å². The van der Waals surface area contributed by atoms with E-state index >= 15 is 0 Å². The Labute approximate surface area is 95.3 Å². The third-order valence-corrected chi connectivity index (χ3v) is 2.00. The molecule has 0 fully saturated rings. The predicted molar refractivity (Wildman–Crippen MR) is 54.6 cm³/mol. The van der Waals surface area contributed by atoms with E-state index < -0.39 is 23.5 Å². The Kier molecular flexibility index (Phi) is 4.05. The lowest BCUT2D eigenvalue weighted by Gasteiger charge is -2.04. The molecule has 8 nitrogen and oxygen atoms in total. The van der Waals surface area contributed by atoms with E-state index in [1.165, 1.54) is 0 Å². The van der Waals surface area contributed by atoms with Gasteiger partial charge in [0, 0.05) is 6.42 Å². The molecule has 94 valence electrons. The normalized spacial score (nSPS) is 12.1. The molecule has 0 spiro atoms. The first kappa shape index (κ1) is 13.0. The maximum absolute atomic E-state index is 11.4. The van der Waals surface area contributed by atoms with Gasteiger partial charge >= 0.3 is 11.9 Å². The summed E-state index contributed by atoms with van der Waals surface area (Å²) < 4.78 is 9.27. The van der Waals surface area contributed by atoms with Crippen molar-refractivity contribution in [2.24, 2.45) is 5.73 Å². The first-order valence-electron chi connectivity index (χ1n) is 4.83. The van der Waals surface area contributed by atoms with E-state index in [0.29, 0.717) is 0 Å². The van der Waals surface area contributed by atoms with Crippen molar-refractivity contribution < 1.29 is 24.0 Å². The zero-order valence-electron chi connectivity index (χ0n) is 9.06. The second kappa shape index (κ2) is 5.30. The van der Waals surface area contributed by atoms with Crippen LogP contribution in [0.5, 0.6) is 0 Å². The van der Waals surface area contributed by atoms with Crippen LogP contribution in [-0.4, -0.2) is 34.9 Å². The quantitative estimate of drug-likeness (QED) is 0.571. The smallest absolute Gasteiger partial charge is 0.377 e. The number of aliphatic carboxylic acids is 1. The van der Waals surface area contributed by atoms with Gasteiger partial charge in [0.05, 0.1) is 12.2 Å². The molecule has 0 aliphatic carbocycles. The number of aromatic nitrogens is 1. The van der Waals surface area contributed by atoms with E-state index in [2.05, 4.69) is 9.26 Å². The number of esters is 1. The van der Waals surface area contributed by atoms with Crippen molar-refractivity contribution in [1.82, 2.24) is 5.16 Å². The number of hydrogen-bond donors (Lipinski definition) is 3. The average molecular weight is 244 g/mol. The van der Waals surface area contributed by atoms with Gasteiger partial charge in [-0.3, -0.25) is 9.59 Å². The minimum Gasteiger partial charge on any atom is -0.480 e. The lowest BCUT2D eigenvalue weighted by atomic mass is 10.1. The Hall–Kier alpha value is -2.09. The van der Waals surface area contributed by atoms with Gasteiger partial charge in [-0.1, -0.05) is 0 Å². The minimum absolute atomic E-state index is 0.109. The summed E-state index contributed by atoms with van der Waals surface area (Å²) in [5, 5.41) is 10.6. The summed E-state index contributed by atoms with van der Waals surface area (Å²) in [6.45, 7) is 1.70. The summed E-state index contributed by atoms with van der Waals surface area (Å²) in [4.78, 5) is 33.2. The lowest BCUT2D eigenvalue weighted by Crippen LogP contribution is -2.34. The molecule has 1 aromatic rings. The molecule has 17 heavy (non-hydrogen) atoms. The van der Waals surface area contributed by atoms with E-state index in [0.717, 1.165) is 0 Å². The first-order chi connectivity index (χ1) is 7.97. The second-order valence-electron chi connectivity index (χ2n) is 3.21. The number of nitrogens with one attached hydrogen (secondary N) is 1. The van der Waals surface area contributed by atoms with Crippen molar-refractivity contribution in [3.8, 4) is 0 Å². The summed E-state index contributed by atoms with van der Waals surface area (Å²) >= 11 is 0. The van der Waals surface area contributed by atoms with E-state index in [4.69, 9.17) is 10.8 Å². The maximum Gasteiger partial charge on any atom is 0.377 e. The Morgan fingerprint density at radius 3 is 2.76 bits per heavy atom. The number of carbonyl (C=O) groups is 2. The highest BCUT2D eigenvalue weighted by atomic mass is 16.6. The molecule has 0 aromatic carbocycles. The molecule has 0 bridgehead atoms. The standard InChI is InChI=1S/C9H12N2O6/c1-2-16-9(15)6-4(7(12)11-17-6)3-5(10)8(13)14/h5H,2-3,10H2,1H3,(H,11,12)(H,13,14). The Bertz CT molecular complexity index is 474. The third kappa shape index (κ3) is 2.94. The van der Waals surface area contributed by atoms with E-state index in [9.17, 15) is 14.4 Å². The van der Waals surface area contributed by atoms with E-state index in [-0.39, 0.29) is 24.4 Å². The highest BCUT2D eigenvalue weighted by molar-refractivity contribution is 5.88. The van der Waals surface area contributed by atoms with Crippen molar-refractivity contribution in [3.63, 3.8) is 0 Å². The molecule has 4 N–H and O–H groups in total. The van der Waals surface area contributed by atoms with Gasteiger partial charge in [-0.2, -0.15) is 5.16 Å². The van der Waals surface area contributed by atoms with Gasteiger partial charge in [0.2, 0.25) is 5.76 Å². The highest BCUT2D eigenvalue weighted by Crippen LogP contribution is 2.07. The van der Waals surface area contributed by atoms with Crippen LogP contribution in [0, 0.1) is 0 Å². The number of H-pyrrole nitrogens is 1. The van der Waals surface area contributed by atoms with Crippen molar-refractivity contribution in [3.05, 3.63) is 21.7 Å². The van der Waals surface area contributed by atoms with Crippen LogP contribution in [0.25, 0.3) is 0 Å². The fourth-order valence-electron chi connectivity index (χ4n) is 1.18. The maximum atomic E-state index is 11.4. The molecule has 0 saturated carbocycles. The van der Waals surface area contributed by atoms with Gasteiger partial charge < -0.3 is 20.1 Å². The van der Waals surface area contributed by atoms with Crippen LogP contribution >= 0.6 is 0 Å². The first-order valence-corrected chi connectivity index (χ1v) is 4.83. The Balaban J connectivity index is 2.98. The SMILES string of the molecule is CCOC(=O)c1o[nH]c(=O)c1CC(N)C(=O)O. The molecular formula is C9H12N2O6. The largest absolute Gasteiger partial charge is 0.480 e. The number of carboxylic acid groups (broad SMARTS) is 1. The summed E-state index contributed by atoms with van der Waals surface area (Å²) in [5.74, 6) is -2.45. The highest BCUT2D eigenvalue weighted by Gasteiger charge is 2.25. The molecule has 0 aliphatic heterocycles. The zero-order valence-corrected chi connectivity index (χ0v) is 9.06. The summed E-state index contributed by atoms with van der Waals surface area (Å²) in [5.41, 5.74) is 4.46. The molecule has 1 aromatic heterocycles. The number of ether oxygens (including phenoxy) is 1. The number of nitrogens with two attached hydrogens (primary N) is 1. The zero-order chi connectivity index (χ0) is 13.0. The molecule has 8 heteroatoms. The van der Waals surface area contributed by atoms with Crippen LogP contribution in [0.4, 0.5) is 0 Å². The number of aromatic amines is 1. The third-order valence-electron chi connectivity index (χ3n) is 2.00. The second-order valence-corrected chi connectivity index (χ2v) is 3.21. The number of carboxylic acids is 1. The molecule has 0 amide bonds. The fraction of sp³-hybridized carbons (Fsp3) is 0.444. The van der Waals surface area contributed by atoms with E-state index in [1.807, 2.05) is 5.16 Å². The monoisotopic (exact) mass is 244 g/mol. The van der Waals surface area contributed by atoms with Crippen molar-refractivity contribution in [2.75, 3.05) is 6.61 Å². The van der Waals surface area contributed by atoms with Crippen LogP contribution in [-0.2, 0) is 16.0 Å². The summed E-state index contributed by atoms with van der Waals surface area (Å²) in [6.07, 6.45) is -0.310. The Morgan fingerprint density at radius 2 is 2.24 bits per heavy atom. The predicted octanol–water partition coefficient (Wildman–Crippen LogP) is -0.901. The number of rotatable bonds is 5. The van der Waals surface area contributed by atoms with Crippen molar-refractivity contribution in [1.29, 1.82) is 0 Å². The molecule has 1 heterocycles. The van der Waals surface area contributed by atoms with Gasteiger partial charge in [-0.05, 0) is 6.92 Å². The fourth-order valence-corrected chi connectivity index (χ4v) is 1.18. The van der Waals surface area contributed by atoms with Crippen LogP contribution in [0.1, 0.15) is 23.0 Å². The molecule has 1 atom stereocenters. The minimum atomic E-state index is -1.29. The topological polar surface area (TPSA) is 136 Å². The van der Waals surface area contributed by atoms with Gasteiger partial charge in [-0.15, -0.1) is 0 Å². The van der Waals surface area contributed by atoms with Gasteiger partial charge in [0.15, 0.2) is 0 Å². The number of hydrogen-bond acceptors (Lipinski definition) is 6. The van der Waals surface area contributed by atoms with Crippen LogP contribution in [0.3, 0.4) is 0 Å². The van der Waals surface area contributed by atoms with Gasteiger partial charge in [0.25, 0.3) is 5.56 Å². The van der Waals surface area contributed by atoms with Crippen LogP contribution in [0.15, 0.2) is 9.32 Å². The van der Waals surface area contributed by atoms with Crippen LogP contribution in [0.2, 0.25) is 0 Å². The summed E-state index contributed by atoms with van der Waals surface area (Å²) in [6, 6.07) is -1.29.